The molecular weight excluding hydrogens is 314 g/mol. The monoisotopic (exact) mass is 337 g/mol. The molecule has 1 aromatic carbocycles. The van der Waals surface area contributed by atoms with Gasteiger partial charge in [0, 0.05) is 10.9 Å². The van der Waals surface area contributed by atoms with Crippen molar-refractivity contribution < 1.29 is 4.79 Å². The van der Waals surface area contributed by atoms with Crippen LogP contribution in [0.15, 0.2) is 16.6 Å². The summed E-state index contributed by atoms with van der Waals surface area (Å²) in [6, 6.07) is 4.15. The first-order valence-corrected chi connectivity index (χ1v) is 8.42. The maximum Gasteiger partial charge on any atom is 0.224 e. The van der Waals surface area contributed by atoms with Crippen LogP contribution in [0, 0.1) is 19.8 Å². The molecule has 0 saturated heterocycles. The lowest BCUT2D eigenvalue weighted by molar-refractivity contribution is -0.117. The van der Waals surface area contributed by atoms with Gasteiger partial charge in [-0.3, -0.25) is 4.79 Å². The smallest absolute Gasteiger partial charge is 0.224 e. The number of nitrogens with one attached hydrogen (secondary N) is 1. The Bertz CT molecular complexity index is 453. The molecule has 0 spiro atoms. The molecular formula is C17H24BrNO. The number of halogens is 1. The highest BCUT2D eigenvalue weighted by molar-refractivity contribution is 9.10. The molecule has 0 aliphatic heterocycles. The van der Waals surface area contributed by atoms with Gasteiger partial charge < -0.3 is 5.32 Å². The molecule has 2 rings (SSSR count). The minimum atomic E-state index is 0.157. The van der Waals surface area contributed by atoms with Gasteiger partial charge >= 0.3 is 0 Å². The molecule has 0 aromatic heterocycles. The molecule has 1 fully saturated rings. The third-order valence-electron chi connectivity index (χ3n) is 4.14. The Morgan fingerprint density at radius 3 is 2.45 bits per heavy atom. The van der Waals surface area contributed by atoms with E-state index in [4.69, 9.17) is 0 Å². The maximum absolute atomic E-state index is 12.3. The number of carbonyl (C=O) groups excluding carboxylic acids is 1. The number of benzene rings is 1. The van der Waals surface area contributed by atoms with Crippen LogP contribution in [0.5, 0.6) is 0 Å². The number of amides is 1. The summed E-state index contributed by atoms with van der Waals surface area (Å²) in [6.45, 7) is 4.11. The van der Waals surface area contributed by atoms with Crippen LogP contribution in [0.1, 0.15) is 56.1 Å². The van der Waals surface area contributed by atoms with Crippen LogP contribution in [0.25, 0.3) is 0 Å². The van der Waals surface area contributed by atoms with Crippen LogP contribution in [0.4, 0.5) is 5.69 Å². The fourth-order valence-corrected chi connectivity index (χ4v) is 3.87. The molecule has 1 saturated carbocycles. The fourth-order valence-electron chi connectivity index (χ4n) is 3.09. The van der Waals surface area contributed by atoms with Crippen LogP contribution in [0.2, 0.25) is 0 Å². The second-order valence-electron chi connectivity index (χ2n) is 6.05. The number of rotatable bonds is 3. The summed E-state index contributed by atoms with van der Waals surface area (Å²) in [5.74, 6) is 0.728. The molecule has 0 radical (unpaired) electrons. The van der Waals surface area contributed by atoms with E-state index >= 15 is 0 Å². The molecule has 1 aliphatic rings. The van der Waals surface area contributed by atoms with Gasteiger partial charge in [-0.05, 0) is 65.7 Å². The number of hydrogen-bond acceptors (Lipinski definition) is 1. The van der Waals surface area contributed by atoms with Crippen LogP contribution in [0.3, 0.4) is 0 Å². The fraction of sp³-hybridized carbons (Fsp3) is 0.588. The molecule has 0 unspecified atom stereocenters. The SMILES string of the molecule is Cc1cc(C)c(NC(=O)CC2CCCCCC2)c(Br)c1. The minimum absolute atomic E-state index is 0.157. The second-order valence-corrected chi connectivity index (χ2v) is 6.90. The number of carbonyl (C=O) groups is 1. The summed E-state index contributed by atoms with van der Waals surface area (Å²) >= 11 is 3.55. The molecule has 0 atom stereocenters. The quantitative estimate of drug-likeness (QED) is 0.738. The Kier molecular flexibility index (Phi) is 5.64. The molecule has 1 aliphatic carbocycles. The predicted octanol–water partition coefficient (Wildman–Crippen LogP) is 5.36. The third-order valence-corrected chi connectivity index (χ3v) is 4.77. The molecule has 110 valence electrons. The van der Waals surface area contributed by atoms with Crippen molar-refractivity contribution in [2.75, 3.05) is 5.32 Å². The summed E-state index contributed by atoms with van der Waals surface area (Å²) in [4.78, 5) is 12.3. The van der Waals surface area contributed by atoms with Gasteiger partial charge in [0.15, 0.2) is 0 Å². The first kappa shape index (κ1) is 15.6. The first-order chi connectivity index (χ1) is 9.56. The van der Waals surface area contributed by atoms with Crippen molar-refractivity contribution >= 4 is 27.5 Å². The number of hydrogen-bond donors (Lipinski definition) is 1. The molecule has 2 nitrogen and oxygen atoms in total. The van der Waals surface area contributed by atoms with Gasteiger partial charge in [-0.25, -0.2) is 0 Å². The normalized spacial score (nSPS) is 16.8. The van der Waals surface area contributed by atoms with Crippen LogP contribution < -0.4 is 5.32 Å². The van der Waals surface area contributed by atoms with Gasteiger partial charge in [-0.1, -0.05) is 31.7 Å². The molecule has 1 aromatic rings. The Labute approximate surface area is 130 Å². The molecule has 20 heavy (non-hydrogen) atoms. The van der Waals surface area contributed by atoms with Crippen molar-refractivity contribution in [2.24, 2.45) is 5.92 Å². The van der Waals surface area contributed by atoms with E-state index in [2.05, 4.69) is 34.2 Å². The lowest BCUT2D eigenvalue weighted by Crippen LogP contribution is -2.17. The summed E-state index contributed by atoms with van der Waals surface area (Å²) in [7, 11) is 0. The molecule has 0 bridgehead atoms. The number of aryl methyl sites for hydroxylation is 2. The zero-order valence-electron chi connectivity index (χ0n) is 12.5. The Hall–Kier alpha value is -0.830. The summed E-state index contributed by atoms with van der Waals surface area (Å²) in [5, 5.41) is 3.09. The lowest BCUT2D eigenvalue weighted by Gasteiger charge is -2.16. The largest absolute Gasteiger partial charge is 0.325 e. The van der Waals surface area contributed by atoms with Crippen molar-refractivity contribution in [3.05, 3.63) is 27.7 Å². The highest BCUT2D eigenvalue weighted by Gasteiger charge is 2.17. The van der Waals surface area contributed by atoms with E-state index < -0.39 is 0 Å². The van der Waals surface area contributed by atoms with Gasteiger partial charge in [-0.15, -0.1) is 0 Å². The highest BCUT2D eigenvalue weighted by Crippen LogP contribution is 2.29. The Morgan fingerprint density at radius 1 is 1.20 bits per heavy atom. The van der Waals surface area contributed by atoms with E-state index in [0.717, 1.165) is 15.7 Å². The first-order valence-electron chi connectivity index (χ1n) is 7.63. The average Bonchev–Trinajstić information content (AvgIpc) is 2.62. The van der Waals surface area contributed by atoms with Gasteiger partial charge in [0.1, 0.15) is 0 Å². The van der Waals surface area contributed by atoms with Crippen LogP contribution in [-0.2, 0) is 4.79 Å². The van der Waals surface area contributed by atoms with E-state index in [1.165, 1.54) is 44.1 Å². The van der Waals surface area contributed by atoms with E-state index in [1.54, 1.807) is 0 Å². The zero-order valence-corrected chi connectivity index (χ0v) is 14.1. The van der Waals surface area contributed by atoms with Gasteiger partial charge in [-0.2, -0.15) is 0 Å². The van der Waals surface area contributed by atoms with Crippen LogP contribution >= 0.6 is 15.9 Å². The maximum atomic E-state index is 12.3. The van der Waals surface area contributed by atoms with Crippen molar-refractivity contribution in [1.82, 2.24) is 0 Å². The van der Waals surface area contributed by atoms with E-state index in [9.17, 15) is 4.79 Å². The van der Waals surface area contributed by atoms with Crippen molar-refractivity contribution in [3.8, 4) is 0 Å². The minimum Gasteiger partial charge on any atom is -0.325 e. The predicted molar refractivity (Wildman–Crippen MR) is 88.1 cm³/mol. The third kappa shape index (κ3) is 4.34. The molecule has 1 amide bonds. The Morgan fingerprint density at radius 2 is 1.85 bits per heavy atom. The lowest BCUT2D eigenvalue weighted by atomic mass is 9.96. The zero-order chi connectivity index (χ0) is 14.5. The van der Waals surface area contributed by atoms with Gasteiger partial charge in [0.05, 0.1) is 5.69 Å². The highest BCUT2D eigenvalue weighted by atomic mass is 79.9. The topological polar surface area (TPSA) is 29.1 Å². The summed E-state index contributed by atoms with van der Waals surface area (Å²) in [5.41, 5.74) is 3.25. The standard InChI is InChI=1S/C17H24BrNO/c1-12-9-13(2)17(15(18)10-12)19-16(20)11-14-7-5-3-4-6-8-14/h9-10,14H,3-8,11H2,1-2H3,(H,19,20). The van der Waals surface area contributed by atoms with E-state index in [-0.39, 0.29) is 5.91 Å². The van der Waals surface area contributed by atoms with Gasteiger partial charge in [0.2, 0.25) is 5.91 Å². The molecule has 3 heteroatoms. The van der Waals surface area contributed by atoms with Crippen LogP contribution in [-0.4, -0.2) is 5.91 Å². The van der Waals surface area contributed by atoms with E-state index in [0.29, 0.717) is 12.3 Å². The van der Waals surface area contributed by atoms with Crippen molar-refractivity contribution in [1.29, 1.82) is 0 Å². The molecule has 0 heterocycles. The summed E-state index contributed by atoms with van der Waals surface area (Å²) < 4.78 is 0.976. The van der Waals surface area contributed by atoms with Crippen molar-refractivity contribution in [2.45, 2.75) is 58.8 Å². The van der Waals surface area contributed by atoms with E-state index in [1.807, 2.05) is 13.0 Å². The summed E-state index contributed by atoms with van der Waals surface area (Å²) in [6.07, 6.45) is 8.32. The van der Waals surface area contributed by atoms with Gasteiger partial charge in [0.25, 0.3) is 0 Å². The number of anilines is 1. The molecule has 1 N–H and O–H groups in total. The average molecular weight is 338 g/mol. The second kappa shape index (κ2) is 7.26. The Balaban J connectivity index is 1.97. The van der Waals surface area contributed by atoms with Crippen molar-refractivity contribution in [3.63, 3.8) is 0 Å².